The molecule has 0 radical (unpaired) electrons. The molecule has 1 heterocycles. The van der Waals surface area contributed by atoms with Crippen molar-refractivity contribution in [3.8, 4) is 11.4 Å². The molecule has 0 amide bonds. The fourth-order valence-electron chi connectivity index (χ4n) is 1.96. The van der Waals surface area contributed by atoms with Crippen LogP contribution in [0.5, 0.6) is 0 Å². The Balaban J connectivity index is 2.18. The zero-order valence-electron chi connectivity index (χ0n) is 11.3. The summed E-state index contributed by atoms with van der Waals surface area (Å²) >= 11 is 6.07. The number of carbonyl (C=O) groups is 1. The summed E-state index contributed by atoms with van der Waals surface area (Å²) in [5, 5.41) is 13.3. The van der Waals surface area contributed by atoms with Gasteiger partial charge in [0.25, 0.3) is 0 Å². The highest BCUT2D eigenvalue weighted by molar-refractivity contribution is 6.33. The molecule has 106 valence electrons. The van der Waals surface area contributed by atoms with Crippen LogP contribution in [-0.4, -0.2) is 21.2 Å². The summed E-state index contributed by atoms with van der Waals surface area (Å²) in [6.07, 6.45) is 0.438. The summed E-state index contributed by atoms with van der Waals surface area (Å²) in [6.45, 7) is 3.70. The summed E-state index contributed by atoms with van der Waals surface area (Å²) < 4.78 is 5.18. The van der Waals surface area contributed by atoms with Gasteiger partial charge in [0, 0.05) is 12.0 Å². The first-order chi connectivity index (χ1) is 9.37. The van der Waals surface area contributed by atoms with Crippen LogP contribution in [0.1, 0.15) is 26.2 Å². The van der Waals surface area contributed by atoms with E-state index in [1.54, 1.807) is 12.1 Å². The molecule has 6 heteroatoms. The Labute approximate surface area is 121 Å². The molecule has 0 atom stereocenters. The highest BCUT2D eigenvalue weighted by atomic mass is 35.5. The van der Waals surface area contributed by atoms with Crippen LogP contribution >= 0.6 is 11.6 Å². The van der Waals surface area contributed by atoms with Crippen LogP contribution in [0.15, 0.2) is 28.8 Å². The van der Waals surface area contributed by atoms with E-state index in [1.807, 2.05) is 26.0 Å². The number of benzene rings is 1. The van der Waals surface area contributed by atoms with Gasteiger partial charge in [-0.1, -0.05) is 42.7 Å². The average Bonchev–Trinajstić information content (AvgIpc) is 2.75. The van der Waals surface area contributed by atoms with Gasteiger partial charge in [-0.2, -0.15) is 4.98 Å². The minimum absolute atomic E-state index is 0.0385. The van der Waals surface area contributed by atoms with Crippen molar-refractivity contribution in [2.24, 2.45) is 5.41 Å². The molecule has 2 aromatic rings. The molecule has 0 saturated heterocycles. The van der Waals surface area contributed by atoms with Crippen molar-refractivity contribution >= 4 is 17.6 Å². The van der Waals surface area contributed by atoms with Gasteiger partial charge in [-0.15, -0.1) is 0 Å². The van der Waals surface area contributed by atoms with E-state index in [0.29, 0.717) is 28.7 Å². The Hall–Kier alpha value is -1.88. The third-order valence-corrected chi connectivity index (χ3v) is 3.17. The lowest BCUT2D eigenvalue weighted by atomic mass is 9.86. The number of halogens is 1. The van der Waals surface area contributed by atoms with Gasteiger partial charge in [0.05, 0.1) is 11.4 Å². The standard InChI is InChI=1S/C14H15ClN2O3/c1-14(2,8-12(18)19)7-11-16-13(17-20-11)9-5-3-4-6-10(9)15/h3-6H,7-8H2,1-2H3,(H,18,19). The van der Waals surface area contributed by atoms with Crippen molar-refractivity contribution in [1.29, 1.82) is 0 Å². The van der Waals surface area contributed by atoms with Gasteiger partial charge >= 0.3 is 5.97 Å². The SMILES string of the molecule is CC(C)(CC(=O)O)Cc1nc(-c2ccccc2Cl)no1. The second-order valence-corrected chi connectivity index (χ2v) is 5.81. The highest BCUT2D eigenvalue weighted by Crippen LogP contribution is 2.28. The van der Waals surface area contributed by atoms with E-state index in [4.69, 9.17) is 21.2 Å². The molecule has 0 fully saturated rings. The van der Waals surface area contributed by atoms with Crippen molar-refractivity contribution in [1.82, 2.24) is 10.1 Å². The predicted octanol–water partition coefficient (Wildman–Crippen LogP) is 3.43. The van der Waals surface area contributed by atoms with E-state index in [1.165, 1.54) is 0 Å². The van der Waals surface area contributed by atoms with Gasteiger partial charge in [0.1, 0.15) is 0 Å². The predicted molar refractivity (Wildman–Crippen MR) is 74.5 cm³/mol. The number of nitrogens with zero attached hydrogens (tertiary/aromatic N) is 2. The molecule has 0 aliphatic heterocycles. The fourth-order valence-corrected chi connectivity index (χ4v) is 2.18. The van der Waals surface area contributed by atoms with Gasteiger partial charge in [-0.3, -0.25) is 4.79 Å². The summed E-state index contributed by atoms with van der Waals surface area (Å²) in [5.74, 6) is -0.0243. The van der Waals surface area contributed by atoms with Crippen LogP contribution in [0.2, 0.25) is 5.02 Å². The molecule has 5 nitrogen and oxygen atoms in total. The molecule has 1 N–H and O–H groups in total. The van der Waals surface area contributed by atoms with Gasteiger partial charge < -0.3 is 9.63 Å². The number of aromatic nitrogens is 2. The van der Waals surface area contributed by atoms with E-state index >= 15 is 0 Å². The number of carboxylic acids is 1. The monoisotopic (exact) mass is 294 g/mol. The Bertz CT molecular complexity index is 622. The second kappa shape index (κ2) is 5.63. The lowest BCUT2D eigenvalue weighted by molar-refractivity contribution is -0.139. The summed E-state index contributed by atoms with van der Waals surface area (Å²) in [6, 6.07) is 7.22. The minimum Gasteiger partial charge on any atom is -0.481 e. The molecule has 0 aliphatic carbocycles. The molecular formula is C14H15ClN2O3. The van der Waals surface area contributed by atoms with Gasteiger partial charge in [0.2, 0.25) is 11.7 Å². The van der Waals surface area contributed by atoms with Crippen molar-refractivity contribution < 1.29 is 14.4 Å². The van der Waals surface area contributed by atoms with E-state index in [9.17, 15) is 4.79 Å². The highest BCUT2D eigenvalue weighted by Gasteiger charge is 2.25. The van der Waals surface area contributed by atoms with Gasteiger partial charge in [-0.25, -0.2) is 0 Å². The number of aliphatic carboxylic acids is 1. The first kappa shape index (κ1) is 14.5. The maximum Gasteiger partial charge on any atom is 0.303 e. The summed E-state index contributed by atoms with van der Waals surface area (Å²) in [5.41, 5.74) is 0.246. The van der Waals surface area contributed by atoms with E-state index in [-0.39, 0.29) is 6.42 Å². The summed E-state index contributed by atoms with van der Waals surface area (Å²) in [7, 11) is 0. The van der Waals surface area contributed by atoms with Gasteiger partial charge in [0.15, 0.2) is 0 Å². The third kappa shape index (κ3) is 3.57. The zero-order chi connectivity index (χ0) is 14.8. The normalized spacial score (nSPS) is 11.6. The van der Waals surface area contributed by atoms with Crippen LogP contribution in [0, 0.1) is 5.41 Å². The van der Waals surface area contributed by atoms with E-state index in [2.05, 4.69) is 10.1 Å². The minimum atomic E-state index is -0.846. The first-order valence-electron chi connectivity index (χ1n) is 6.17. The zero-order valence-corrected chi connectivity index (χ0v) is 12.0. The summed E-state index contributed by atoms with van der Waals surface area (Å²) in [4.78, 5) is 15.1. The Morgan fingerprint density at radius 3 is 2.75 bits per heavy atom. The maximum absolute atomic E-state index is 10.8. The maximum atomic E-state index is 10.8. The van der Waals surface area contributed by atoms with E-state index < -0.39 is 11.4 Å². The van der Waals surface area contributed by atoms with Gasteiger partial charge in [-0.05, 0) is 17.5 Å². The quantitative estimate of drug-likeness (QED) is 0.914. The lowest BCUT2D eigenvalue weighted by Crippen LogP contribution is -2.19. The van der Waals surface area contributed by atoms with Crippen LogP contribution in [0.25, 0.3) is 11.4 Å². The van der Waals surface area contributed by atoms with Crippen LogP contribution in [0.4, 0.5) is 0 Å². The molecule has 20 heavy (non-hydrogen) atoms. The number of hydrogen-bond donors (Lipinski definition) is 1. The van der Waals surface area contributed by atoms with Crippen LogP contribution in [0.3, 0.4) is 0 Å². The Morgan fingerprint density at radius 1 is 1.40 bits per heavy atom. The first-order valence-corrected chi connectivity index (χ1v) is 6.54. The topological polar surface area (TPSA) is 76.2 Å². The Morgan fingerprint density at radius 2 is 2.10 bits per heavy atom. The molecule has 0 spiro atoms. The van der Waals surface area contributed by atoms with Crippen molar-refractivity contribution in [2.75, 3.05) is 0 Å². The molecule has 1 aromatic heterocycles. The van der Waals surface area contributed by atoms with E-state index in [0.717, 1.165) is 0 Å². The second-order valence-electron chi connectivity index (χ2n) is 5.40. The number of hydrogen-bond acceptors (Lipinski definition) is 4. The molecule has 0 aliphatic rings. The lowest BCUT2D eigenvalue weighted by Gasteiger charge is -2.19. The van der Waals surface area contributed by atoms with Crippen molar-refractivity contribution in [3.63, 3.8) is 0 Å². The molecule has 2 rings (SSSR count). The van der Waals surface area contributed by atoms with Crippen LogP contribution < -0.4 is 0 Å². The Kier molecular flexibility index (Phi) is 4.09. The molecule has 1 aromatic carbocycles. The fraction of sp³-hybridized carbons (Fsp3) is 0.357. The molecule has 0 bridgehead atoms. The smallest absolute Gasteiger partial charge is 0.303 e. The molecular weight excluding hydrogens is 280 g/mol. The number of rotatable bonds is 5. The van der Waals surface area contributed by atoms with Crippen molar-refractivity contribution in [3.05, 3.63) is 35.2 Å². The van der Waals surface area contributed by atoms with Crippen LogP contribution in [-0.2, 0) is 11.2 Å². The average molecular weight is 295 g/mol. The molecule has 0 saturated carbocycles. The number of carboxylic acid groups (broad SMARTS) is 1. The molecule has 0 unspecified atom stereocenters. The van der Waals surface area contributed by atoms with Crippen molar-refractivity contribution in [2.45, 2.75) is 26.7 Å². The third-order valence-electron chi connectivity index (χ3n) is 2.84. The largest absolute Gasteiger partial charge is 0.481 e.